The van der Waals surface area contributed by atoms with Crippen LogP contribution in [0.1, 0.15) is 86.1 Å². The molecule has 2 saturated carbocycles. The molecule has 212 valence electrons. The summed E-state index contributed by atoms with van der Waals surface area (Å²) >= 11 is 6.21. The fraction of sp³-hybridized carbons (Fsp3) is 0.417. The Kier molecular flexibility index (Phi) is 9.25. The summed E-state index contributed by atoms with van der Waals surface area (Å²) in [6.07, 6.45) is 13.0. The summed E-state index contributed by atoms with van der Waals surface area (Å²) in [5, 5.41) is 0.682. The van der Waals surface area contributed by atoms with Crippen molar-refractivity contribution in [1.29, 1.82) is 0 Å². The Hall–Kier alpha value is -3.42. The zero-order chi connectivity index (χ0) is 28.9. The molecule has 2 aromatic carbocycles. The van der Waals surface area contributed by atoms with Gasteiger partial charge in [-0.1, -0.05) is 54.3 Å². The number of esters is 1. The van der Waals surface area contributed by atoms with Gasteiger partial charge in [-0.05, 0) is 106 Å². The van der Waals surface area contributed by atoms with E-state index in [-0.39, 0.29) is 35.6 Å². The molecule has 0 radical (unpaired) electrons. The van der Waals surface area contributed by atoms with Crippen LogP contribution in [0.15, 0.2) is 66.9 Å². The number of rotatable bonds is 8. The summed E-state index contributed by atoms with van der Waals surface area (Å²) in [6, 6.07) is 19.5. The van der Waals surface area contributed by atoms with Gasteiger partial charge in [-0.3, -0.25) is 14.6 Å². The van der Waals surface area contributed by atoms with Gasteiger partial charge in [0, 0.05) is 40.2 Å². The molecule has 2 aliphatic carbocycles. The fourth-order valence-electron chi connectivity index (χ4n) is 7.02. The Morgan fingerprint density at radius 3 is 2.29 bits per heavy atom. The largest absolute Gasteiger partial charge is 0.426 e. The van der Waals surface area contributed by atoms with Crippen LogP contribution >= 0.6 is 11.6 Å². The van der Waals surface area contributed by atoms with Crippen LogP contribution in [-0.2, 0) is 9.59 Å². The van der Waals surface area contributed by atoms with Crippen molar-refractivity contribution in [1.82, 2.24) is 4.98 Å². The van der Waals surface area contributed by atoms with Crippen LogP contribution < -0.4 is 4.74 Å². The molecule has 1 heterocycles. The third kappa shape index (κ3) is 6.74. The summed E-state index contributed by atoms with van der Waals surface area (Å²) in [5.41, 5.74) is 4.11. The van der Waals surface area contributed by atoms with Crippen molar-refractivity contribution in [3.05, 3.63) is 94.3 Å². The number of terminal acetylenes is 1. The van der Waals surface area contributed by atoms with E-state index >= 15 is 0 Å². The lowest BCUT2D eigenvalue weighted by Crippen LogP contribution is -2.30. The van der Waals surface area contributed by atoms with Crippen molar-refractivity contribution in [2.24, 2.45) is 23.7 Å². The number of nitrogens with zero attached hydrogens (tertiary/aromatic N) is 1. The first-order valence-electron chi connectivity index (χ1n) is 14.9. The highest BCUT2D eigenvalue weighted by molar-refractivity contribution is 6.30. The summed E-state index contributed by atoms with van der Waals surface area (Å²) in [7, 11) is 0. The second kappa shape index (κ2) is 13.0. The summed E-state index contributed by atoms with van der Waals surface area (Å²) in [6.45, 7) is 4.05. The number of hydrogen-bond acceptors (Lipinski definition) is 4. The van der Waals surface area contributed by atoms with Crippen LogP contribution in [-0.4, -0.2) is 16.7 Å². The molecule has 1 aromatic heterocycles. The van der Waals surface area contributed by atoms with E-state index in [4.69, 9.17) is 22.8 Å². The van der Waals surface area contributed by atoms with Crippen LogP contribution in [0.2, 0.25) is 5.02 Å². The van der Waals surface area contributed by atoms with E-state index in [1.54, 1.807) is 6.20 Å². The zero-order valence-corrected chi connectivity index (χ0v) is 24.6. The second-order valence-electron chi connectivity index (χ2n) is 11.8. The standard InChI is InChI=1S/C36H38ClNO3/c1-4-24-8-19-34(38-22-24)26-9-11-27(12-10-26)35(39)28-20-32(25-13-15-29(37)16-14-25)33(21-28)31(5-2)36(40)41-30-17-6-23(3)7-18-30/h1,6-8,13-19,22,26-28,31-33H,5,9-12,20-21H2,2-3H3/t26?,27?,28?,31?,32-,33-/m0/s1. The number of carbonyl (C=O) groups is 2. The topological polar surface area (TPSA) is 56.3 Å². The van der Waals surface area contributed by atoms with Gasteiger partial charge in [-0.15, -0.1) is 6.42 Å². The van der Waals surface area contributed by atoms with Gasteiger partial charge in [0.05, 0.1) is 5.92 Å². The first-order valence-corrected chi connectivity index (χ1v) is 15.2. The van der Waals surface area contributed by atoms with Crippen molar-refractivity contribution in [3.63, 3.8) is 0 Å². The maximum Gasteiger partial charge on any atom is 0.314 e. The molecule has 2 fully saturated rings. The van der Waals surface area contributed by atoms with Crippen LogP contribution in [0.3, 0.4) is 0 Å². The molecule has 0 N–H and O–H groups in total. The zero-order valence-electron chi connectivity index (χ0n) is 23.9. The molecule has 2 aliphatic rings. The van der Waals surface area contributed by atoms with Gasteiger partial charge in [0.15, 0.2) is 0 Å². The van der Waals surface area contributed by atoms with E-state index in [1.807, 2.05) is 62.4 Å². The second-order valence-corrected chi connectivity index (χ2v) is 12.2. The number of pyridine rings is 1. The molecule has 3 aromatic rings. The van der Waals surface area contributed by atoms with Crippen LogP contribution in [0.4, 0.5) is 0 Å². The van der Waals surface area contributed by atoms with E-state index in [2.05, 4.69) is 23.0 Å². The van der Waals surface area contributed by atoms with Gasteiger partial charge in [-0.2, -0.15) is 0 Å². The first-order chi connectivity index (χ1) is 19.9. The molecule has 4 atom stereocenters. The summed E-state index contributed by atoms with van der Waals surface area (Å²) in [4.78, 5) is 32.0. The molecule has 5 rings (SSSR count). The lowest BCUT2D eigenvalue weighted by Gasteiger charge is -2.29. The van der Waals surface area contributed by atoms with Crippen molar-refractivity contribution < 1.29 is 14.3 Å². The highest BCUT2D eigenvalue weighted by Crippen LogP contribution is 2.50. The molecule has 41 heavy (non-hydrogen) atoms. The number of aryl methyl sites for hydroxylation is 1. The van der Waals surface area contributed by atoms with Gasteiger partial charge in [0.2, 0.25) is 0 Å². The third-order valence-electron chi connectivity index (χ3n) is 9.31. The maximum absolute atomic E-state index is 13.9. The molecular weight excluding hydrogens is 530 g/mol. The first kappa shape index (κ1) is 29.1. The fourth-order valence-corrected chi connectivity index (χ4v) is 7.15. The molecular formula is C36H38ClNO3. The van der Waals surface area contributed by atoms with Gasteiger partial charge >= 0.3 is 5.97 Å². The Morgan fingerprint density at radius 1 is 0.976 bits per heavy atom. The molecule has 0 saturated heterocycles. The van der Waals surface area contributed by atoms with E-state index in [9.17, 15) is 9.59 Å². The van der Waals surface area contributed by atoms with Gasteiger partial charge in [-0.25, -0.2) is 0 Å². The number of halogens is 1. The van der Waals surface area contributed by atoms with Gasteiger partial charge in [0.25, 0.3) is 0 Å². The van der Waals surface area contributed by atoms with Crippen LogP contribution in [0.5, 0.6) is 5.75 Å². The highest BCUT2D eigenvalue weighted by Gasteiger charge is 2.46. The number of ketones is 1. The van der Waals surface area contributed by atoms with Gasteiger partial charge < -0.3 is 4.74 Å². The van der Waals surface area contributed by atoms with Crippen LogP contribution in [0, 0.1) is 42.9 Å². The lowest BCUT2D eigenvalue weighted by atomic mass is 9.75. The predicted octanol–water partition coefficient (Wildman–Crippen LogP) is 8.31. The number of carbonyl (C=O) groups excluding carboxylic acids is 2. The molecule has 0 bridgehead atoms. The SMILES string of the molecule is C#Cc1ccc(C2CCC(C(=O)C3C[C@@H](c4ccc(Cl)cc4)[C@H](C(CC)C(=O)Oc4ccc(C)cc4)C3)CC2)nc1. The van der Waals surface area contributed by atoms with Crippen molar-refractivity contribution in [3.8, 4) is 18.1 Å². The monoisotopic (exact) mass is 567 g/mol. The number of ether oxygens (including phenoxy) is 1. The molecule has 4 nitrogen and oxygen atoms in total. The molecule has 0 amide bonds. The molecule has 2 unspecified atom stereocenters. The van der Waals surface area contributed by atoms with Crippen molar-refractivity contribution in [2.45, 2.75) is 70.6 Å². The molecule has 5 heteroatoms. The maximum atomic E-state index is 13.9. The minimum Gasteiger partial charge on any atom is -0.426 e. The van der Waals surface area contributed by atoms with Crippen molar-refractivity contribution in [2.75, 3.05) is 0 Å². The van der Waals surface area contributed by atoms with Gasteiger partial charge in [0.1, 0.15) is 11.5 Å². The normalized spacial score (nSPS) is 24.8. The minimum atomic E-state index is -0.289. The van der Waals surface area contributed by atoms with Crippen LogP contribution in [0.25, 0.3) is 0 Å². The summed E-state index contributed by atoms with van der Waals surface area (Å²) < 4.78 is 5.86. The highest BCUT2D eigenvalue weighted by atomic mass is 35.5. The average molecular weight is 568 g/mol. The third-order valence-corrected chi connectivity index (χ3v) is 9.56. The number of Topliss-reactive ketones (excluding diaryl/α,β-unsaturated/α-hetero) is 1. The Balaban J connectivity index is 1.30. The minimum absolute atomic E-state index is 0.0308. The van der Waals surface area contributed by atoms with E-state index in [0.717, 1.165) is 54.5 Å². The Morgan fingerprint density at radius 2 is 1.68 bits per heavy atom. The van der Waals surface area contributed by atoms with E-state index in [1.165, 1.54) is 0 Å². The average Bonchev–Trinajstić information content (AvgIpc) is 3.44. The molecule has 0 aliphatic heterocycles. The quantitative estimate of drug-likeness (QED) is 0.156. The number of aromatic nitrogens is 1. The van der Waals surface area contributed by atoms with E-state index < -0.39 is 0 Å². The number of hydrogen-bond donors (Lipinski definition) is 0. The van der Waals surface area contributed by atoms with E-state index in [0.29, 0.717) is 35.3 Å². The Bertz CT molecular complexity index is 1380. The van der Waals surface area contributed by atoms with Crippen molar-refractivity contribution >= 4 is 23.4 Å². The predicted molar refractivity (Wildman–Crippen MR) is 163 cm³/mol. The smallest absolute Gasteiger partial charge is 0.314 e. The molecule has 0 spiro atoms. The number of benzene rings is 2. The summed E-state index contributed by atoms with van der Waals surface area (Å²) in [5.74, 6) is 3.55. The Labute approximate surface area is 248 Å². The lowest BCUT2D eigenvalue weighted by molar-refractivity contribution is -0.141.